The highest BCUT2D eigenvalue weighted by atomic mass is 32.2. The van der Waals surface area contributed by atoms with E-state index in [0.29, 0.717) is 21.9 Å². The molecule has 1 N–H and O–H groups in total. The Bertz CT molecular complexity index is 1050. The van der Waals surface area contributed by atoms with Gasteiger partial charge in [-0.15, -0.1) is 0 Å². The predicted molar refractivity (Wildman–Crippen MR) is 113 cm³/mol. The van der Waals surface area contributed by atoms with Gasteiger partial charge in [0.25, 0.3) is 5.56 Å². The van der Waals surface area contributed by atoms with Gasteiger partial charge in [-0.25, -0.2) is 14.5 Å². The van der Waals surface area contributed by atoms with E-state index in [1.54, 1.807) is 18.3 Å². The number of nitrogens with one attached hydrogen (secondary N) is 1. The van der Waals surface area contributed by atoms with Crippen LogP contribution in [0.2, 0.25) is 0 Å². The van der Waals surface area contributed by atoms with Gasteiger partial charge in [0.2, 0.25) is 5.91 Å². The molecule has 28 heavy (non-hydrogen) atoms. The molecule has 146 valence electrons. The first-order chi connectivity index (χ1) is 13.5. The molecular weight excluding hydrogens is 372 g/mol. The molecule has 0 bridgehead atoms. The lowest BCUT2D eigenvalue weighted by Gasteiger charge is -2.15. The van der Waals surface area contributed by atoms with Crippen LogP contribution in [-0.4, -0.2) is 32.2 Å². The molecule has 1 amide bonds. The normalized spacial score (nSPS) is 12.1. The molecule has 0 aliphatic carbocycles. The van der Waals surface area contributed by atoms with Crippen LogP contribution < -0.4 is 10.9 Å². The van der Waals surface area contributed by atoms with Crippen molar-refractivity contribution in [2.24, 2.45) is 0 Å². The Morgan fingerprint density at radius 2 is 2.04 bits per heavy atom. The summed E-state index contributed by atoms with van der Waals surface area (Å²) in [6, 6.07) is 11.1. The highest BCUT2D eigenvalue weighted by Crippen LogP contribution is 2.21. The van der Waals surface area contributed by atoms with Crippen molar-refractivity contribution in [3.8, 4) is 5.82 Å². The molecule has 0 spiro atoms. The van der Waals surface area contributed by atoms with Crippen molar-refractivity contribution in [1.82, 2.24) is 19.9 Å². The first kappa shape index (κ1) is 20.1. The van der Waals surface area contributed by atoms with Gasteiger partial charge in [-0.3, -0.25) is 9.59 Å². The van der Waals surface area contributed by atoms with Crippen LogP contribution in [0, 0.1) is 6.92 Å². The molecular formula is C21H24N4O2S. The second-order valence-electron chi connectivity index (χ2n) is 6.74. The SMILES string of the molecule is CCC[C@@H](C)NC(=O)CSc1nc2ccccc2c(=O)n1-c1ncccc1C. The second-order valence-corrected chi connectivity index (χ2v) is 7.68. The van der Waals surface area contributed by atoms with Gasteiger partial charge >= 0.3 is 0 Å². The van der Waals surface area contributed by atoms with Crippen LogP contribution in [0.15, 0.2) is 52.5 Å². The molecule has 0 saturated carbocycles. The van der Waals surface area contributed by atoms with Crippen LogP contribution >= 0.6 is 11.8 Å². The van der Waals surface area contributed by atoms with Gasteiger partial charge in [-0.05, 0) is 44.0 Å². The number of pyridine rings is 1. The van der Waals surface area contributed by atoms with E-state index in [1.807, 2.05) is 38.1 Å². The zero-order valence-electron chi connectivity index (χ0n) is 16.3. The summed E-state index contributed by atoms with van der Waals surface area (Å²) in [6.07, 6.45) is 3.60. The van der Waals surface area contributed by atoms with E-state index in [9.17, 15) is 9.59 Å². The third-order valence-electron chi connectivity index (χ3n) is 4.40. The molecule has 3 aromatic rings. The first-order valence-corrected chi connectivity index (χ1v) is 10.4. The van der Waals surface area contributed by atoms with Crippen LogP contribution in [-0.2, 0) is 4.79 Å². The fraction of sp³-hybridized carbons (Fsp3) is 0.333. The second kappa shape index (κ2) is 9.01. The lowest BCUT2D eigenvalue weighted by Crippen LogP contribution is -2.34. The molecule has 2 heterocycles. The minimum Gasteiger partial charge on any atom is -0.353 e. The quantitative estimate of drug-likeness (QED) is 0.489. The summed E-state index contributed by atoms with van der Waals surface area (Å²) in [5.41, 5.74) is 1.29. The number of thioether (sulfide) groups is 1. The van der Waals surface area contributed by atoms with Crippen molar-refractivity contribution in [1.29, 1.82) is 0 Å². The number of amides is 1. The molecule has 6 nitrogen and oxygen atoms in total. The Labute approximate surface area is 168 Å². The van der Waals surface area contributed by atoms with E-state index < -0.39 is 0 Å². The van der Waals surface area contributed by atoms with Crippen molar-refractivity contribution >= 4 is 28.6 Å². The molecule has 0 radical (unpaired) electrons. The number of nitrogens with zero attached hydrogens (tertiary/aromatic N) is 3. The third-order valence-corrected chi connectivity index (χ3v) is 5.34. The van der Waals surface area contributed by atoms with Crippen LogP contribution in [0.5, 0.6) is 0 Å². The minimum atomic E-state index is -0.186. The molecule has 7 heteroatoms. The van der Waals surface area contributed by atoms with Crippen LogP contribution in [0.25, 0.3) is 16.7 Å². The smallest absolute Gasteiger partial charge is 0.267 e. The van der Waals surface area contributed by atoms with Crippen molar-refractivity contribution in [3.05, 3.63) is 58.5 Å². The van der Waals surface area contributed by atoms with Crippen molar-refractivity contribution < 1.29 is 4.79 Å². The van der Waals surface area contributed by atoms with Gasteiger partial charge < -0.3 is 5.32 Å². The van der Waals surface area contributed by atoms with Gasteiger partial charge in [0.1, 0.15) is 5.82 Å². The third kappa shape index (κ3) is 4.42. The highest BCUT2D eigenvalue weighted by Gasteiger charge is 2.17. The summed E-state index contributed by atoms with van der Waals surface area (Å²) >= 11 is 1.25. The van der Waals surface area contributed by atoms with Gasteiger partial charge in [0.05, 0.1) is 16.7 Å². The molecule has 2 aromatic heterocycles. The molecule has 3 rings (SSSR count). The molecule has 0 fully saturated rings. The van der Waals surface area contributed by atoms with E-state index >= 15 is 0 Å². The molecule has 0 aliphatic rings. The molecule has 0 unspecified atom stereocenters. The monoisotopic (exact) mass is 396 g/mol. The Kier molecular flexibility index (Phi) is 6.46. The Balaban J connectivity index is 1.99. The van der Waals surface area contributed by atoms with Crippen LogP contribution in [0.4, 0.5) is 0 Å². The van der Waals surface area contributed by atoms with Crippen molar-refractivity contribution in [3.63, 3.8) is 0 Å². The number of rotatable bonds is 7. The Morgan fingerprint density at radius 3 is 2.79 bits per heavy atom. The van der Waals surface area contributed by atoms with Crippen LogP contribution in [0.1, 0.15) is 32.3 Å². The molecule has 0 saturated heterocycles. The van der Waals surface area contributed by atoms with Gasteiger partial charge in [0, 0.05) is 12.2 Å². The number of carbonyl (C=O) groups is 1. The number of para-hydroxylation sites is 1. The lowest BCUT2D eigenvalue weighted by atomic mass is 10.2. The summed E-state index contributed by atoms with van der Waals surface area (Å²) in [6.45, 7) is 5.98. The number of fused-ring (bicyclic) bond motifs is 1. The molecule has 1 aromatic carbocycles. The summed E-state index contributed by atoms with van der Waals surface area (Å²) in [5.74, 6) is 0.649. The van der Waals surface area contributed by atoms with E-state index in [2.05, 4.69) is 22.2 Å². The average Bonchev–Trinajstić information content (AvgIpc) is 2.67. The van der Waals surface area contributed by atoms with E-state index in [0.717, 1.165) is 18.4 Å². The van der Waals surface area contributed by atoms with Crippen molar-refractivity contribution in [2.45, 2.75) is 44.8 Å². The number of aryl methyl sites for hydroxylation is 1. The largest absolute Gasteiger partial charge is 0.353 e. The fourth-order valence-electron chi connectivity index (χ4n) is 3.06. The zero-order chi connectivity index (χ0) is 20.1. The zero-order valence-corrected chi connectivity index (χ0v) is 17.1. The first-order valence-electron chi connectivity index (χ1n) is 9.37. The Hall–Kier alpha value is -2.67. The molecule has 0 aliphatic heterocycles. The topological polar surface area (TPSA) is 76.9 Å². The summed E-state index contributed by atoms with van der Waals surface area (Å²) in [4.78, 5) is 34.5. The highest BCUT2D eigenvalue weighted by molar-refractivity contribution is 7.99. The standard InChI is InChI=1S/C21H24N4O2S/c1-4-8-15(3)23-18(26)13-28-21-24-17-11-6-5-10-16(17)20(27)25(21)19-14(2)9-7-12-22-19/h5-7,9-12,15H,4,8,13H2,1-3H3,(H,23,26)/t15-/m1/s1. The summed E-state index contributed by atoms with van der Waals surface area (Å²) in [5, 5.41) is 3.97. The van der Waals surface area contributed by atoms with Gasteiger partial charge in [-0.1, -0.05) is 43.3 Å². The van der Waals surface area contributed by atoms with Crippen LogP contribution in [0.3, 0.4) is 0 Å². The van der Waals surface area contributed by atoms with E-state index in [4.69, 9.17) is 0 Å². The number of benzene rings is 1. The van der Waals surface area contributed by atoms with E-state index in [1.165, 1.54) is 16.3 Å². The van der Waals surface area contributed by atoms with E-state index in [-0.39, 0.29) is 23.3 Å². The fourth-order valence-corrected chi connectivity index (χ4v) is 3.86. The maximum Gasteiger partial charge on any atom is 0.267 e. The van der Waals surface area contributed by atoms with Gasteiger partial charge in [0.15, 0.2) is 5.16 Å². The van der Waals surface area contributed by atoms with Crippen molar-refractivity contribution in [2.75, 3.05) is 5.75 Å². The number of aromatic nitrogens is 3. The average molecular weight is 397 g/mol. The number of carbonyl (C=O) groups excluding carboxylic acids is 1. The minimum absolute atomic E-state index is 0.0716. The lowest BCUT2D eigenvalue weighted by molar-refractivity contribution is -0.119. The number of hydrogen-bond donors (Lipinski definition) is 1. The predicted octanol–water partition coefficient (Wildman–Crippen LogP) is 3.49. The Morgan fingerprint density at radius 1 is 1.25 bits per heavy atom. The summed E-state index contributed by atoms with van der Waals surface area (Å²) in [7, 11) is 0. The molecule has 1 atom stereocenters. The van der Waals surface area contributed by atoms with Gasteiger partial charge in [-0.2, -0.15) is 0 Å². The maximum atomic E-state index is 13.2. The number of hydrogen-bond acceptors (Lipinski definition) is 5. The summed E-state index contributed by atoms with van der Waals surface area (Å²) < 4.78 is 1.51. The maximum absolute atomic E-state index is 13.2.